The Hall–Kier alpha value is -2.17. The van der Waals surface area contributed by atoms with E-state index < -0.39 is 0 Å². The Morgan fingerprint density at radius 1 is 0.920 bits per heavy atom. The quantitative estimate of drug-likeness (QED) is 0.668. The average Bonchev–Trinajstić information content (AvgIpc) is 2.97. The molecule has 1 aliphatic rings. The molecule has 1 aliphatic heterocycles. The van der Waals surface area contributed by atoms with Gasteiger partial charge in [-0.05, 0) is 36.9 Å². The van der Waals surface area contributed by atoms with Crippen molar-refractivity contribution in [3.8, 4) is 0 Å². The predicted molar refractivity (Wildman–Crippen MR) is 108 cm³/mol. The van der Waals surface area contributed by atoms with E-state index in [1.54, 1.807) is 0 Å². The summed E-state index contributed by atoms with van der Waals surface area (Å²) >= 11 is 1.83. The van der Waals surface area contributed by atoms with Crippen LogP contribution in [0.15, 0.2) is 48.5 Å². The molecule has 0 bridgehead atoms. The summed E-state index contributed by atoms with van der Waals surface area (Å²) in [6.45, 7) is 4.51. The lowest BCUT2D eigenvalue weighted by Gasteiger charge is -2.34. The number of aromatic nitrogens is 1. The van der Waals surface area contributed by atoms with E-state index >= 15 is 0 Å². The van der Waals surface area contributed by atoms with Gasteiger partial charge in [0, 0.05) is 44.0 Å². The minimum absolute atomic E-state index is 1.11. The maximum atomic E-state index is 2.47. The number of thiazole rings is 1. The number of benzene rings is 2. The first kappa shape index (κ1) is 16.3. The van der Waals surface area contributed by atoms with Crippen LogP contribution < -0.4 is 9.47 Å². The fourth-order valence-corrected chi connectivity index (χ4v) is 4.35. The third-order valence-electron chi connectivity index (χ3n) is 4.95. The van der Waals surface area contributed by atoms with Gasteiger partial charge in [0.05, 0.1) is 0 Å². The highest BCUT2D eigenvalue weighted by Crippen LogP contribution is 2.22. The molecular weight excluding hydrogens is 326 g/mol. The van der Waals surface area contributed by atoms with Crippen LogP contribution in [0.5, 0.6) is 0 Å². The molecule has 0 aliphatic carbocycles. The summed E-state index contributed by atoms with van der Waals surface area (Å²) in [5.74, 6) is 0. The first-order chi connectivity index (χ1) is 12.2. The van der Waals surface area contributed by atoms with Crippen molar-refractivity contribution in [1.82, 2.24) is 4.90 Å². The third-order valence-corrected chi connectivity index (χ3v) is 6.14. The van der Waals surface area contributed by atoms with E-state index in [1.807, 2.05) is 11.3 Å². The second-order valence-electron chi connectivity index (χ2n) is 6.68. The van der Waals surface area contributed by atoms with Crippen LogP contribution in [0.25, 0.3) is 22.4 Å². The number of anilines is 1. The number of nitrogens with zero attached hydrogens (tertiary/aromatic N) is 3. The summed E-state index contributed by atoms with van der Waals surface area (Å²) < 4.78 is 3.59. The summed E-state index contributed by atoms with van der Waals surface area (Å²) in [6.07, 6.45) is 4.42. The number of fused-ring (bicyclic) bond motifs is 1. The van der Waals surface area contributed by atoms with Crippen molar-refractivity contribution in [2.24, 2.45) is 7.05 Å². The number of likely N-dealkylation sites (N-methyl/N-ethyl adjacent to an activating group) is 1. The minimum Gasteiger partial charge on any atom is -0.369 e. The first-order valence-corrected chi connectivity index (χ1v) is 9.61. The van der Waals surface area contributed by atoms with Crippen LogP contribution in [-0.4, -0.2) is 38.1 Å². The fourth-order valence-electron chi connectivity index (χ4n) is 3.29. The van der Waals surface area contributed by atoms with Crippen LogP contribution in [0.4, 0.5) is 5.69 Å². The van der Waals surface area contributed by atoms with Crippen molar-refractivity contribution in [3.05, 3.63) is 59.1 Å². The molecule has 1 saturated heterocycles. The van der Waals surface area contributed by atoms with Gasteiger partial charge in [-0.15, -0.1) is 0 Å². The van der Waals surface area contributed by atoms with Gasteiger partial charge in [0.15, 0.2) is 0 Å². The molecule has 0 unspecified atom stereocenters. The lowest BCUT2D eigenvalue weighted by atomic mass is 10.1. The Morgan fingerprint density at radius 3 is 2.36 bits per heavy atom. The minimum atomic E-state index is 1.11. The van der Waals surface area contributed by atoms with Crippen LogP contribution in [0, 0.1) is 0 Å². The van der Waals surface area contributed by atoms with Crippen molar-refractivity contribution < 1.29 is 4.57 Å². The molecule has 2 aromatic carbocycles. The number of piperazine rings is 1. The summed E-state index contributed by atoms with van der Waals surface area (Å²) in [4.78, 5) is 4.86. The Kier molecular flexibility index (Phi) is 4.55. The van der Waals surface area contributed by atoms with Crippen LogP contribution in [0.3, 0.4) is 0 Å². The van der Waals surface area contributed by atoms with Gasteiger partial charge in [0.25, 0.3) is 5.01 Å². The smallest absolute Gasteiger partial charge is 0.262 e. The Bertz CT molecular complexity index is 887. The highest BCUT2D eigenvalue weighted by molar-refractivity contribution is 7.18. The monoisotopic (exact) mass is 350 g/mol. The molecule has 0 amide bonds. The Morgan fingerprint density at radius 2 is 1.64 bits per heavy atom. The summed E-state index contributed by atoms with van der Waals surface area (Å²) in [6, 6.07) is 17.5. The number of para-hydroxylation sites is 1. The maximum Gasteiger partial charge on any atom is 0.262 e. The number of hydrogen-bond donors (Lipinski definition) is 0. The zero-order valence-electron chi connectivity index (χ0n) is 14.9. The van der Waals surface area contributed by atoms with Gasteiger partial charge in [0.2, 0.25) is 5.52 Å². The van der Waals surface area contributed by atoms with E-state index in [0.29, 0.717) is 0 Å². The molecule has 2 heterocycles. The van der Waals surface area contributed by atoms with E-state index in [9.17, 15) is 0 Å². The normalized spacial score (nSPS) is 16.2. The van der Waals surface area contributed by atoms with Crippen molar-refractivity contribution in [3.63, 3.8) is 0 Å². The Balaban J connectivity index is 1.50. The van der Waals surface area contributed by atoms with E-state index in [4.69, 9.17) is 0 Å². The maximum absolute atomic E-state index is 2.47. The molecule has 1 fully saturated rings. The van der Waals surface area contributed by atoms with Gasteiger partial charge < -0.3 is 9.80 Å². The zero-order valence-corrected chi connectivity index (χ0v) is 15.7. The van der Waals surface area contributed by atoms with Crippen LogP contribution in [0.1, 0.15) is 10.6 Å². The topological polar surface area (TPSA) is 10.4 Å². The van der Waals surface area contributed by atoms with E-state index in [2.05, 4.69) is 89.1 Å². The predicted octanol–water partition coefficient (Wildman–Crippen LogP) is 3.65. The molecule has 25 heavy (non-hydrogen) atoms. The molecule has 3 aromatic rings. The lowest BCUT2D eigenvalue weighted by molar-refractivity contribution is -0.642. The summed E-state index contributed by atoms with van der Waals surface area (Å²) in [7, 11) is 4.33. The highest BCUT2D eigenvalue weighted by atomic mass is 32.1. The van der Waals surface area contributed by atoms with Gasteiger partial charge in [-0.25, -0.2) is 0 Å². The van der Waals surface area contributed by atoms with Crippen LogP contribution in [0.2, 0.25) is 0 Å². The molecule has 0 saturated carbocycles. The van der Waals surface area contributed by atoms with Crippen molar-refractivity contribution >= 4 is 39.4 Å². The van der Waals surface area contributed by atoms with Crippen molar-refractivity contribution in [1.29, 1.82) is 0 Å². The molecule has 4 heteroatoms. The molecule has 0 spiro atoms. The first-order valence-electron chi connectivity index (χ1n) is 8.80. The second-order valence-corrected chi connectivity index (χ2v) is 7.74. The molecule has 0 atom stereocenters. The van der Waals surface area contributed by atoms with Gasteiger partial charge in [-0.1, -0.05) is 35.6 Å². The van der Waals surface area contributed by atoms with Crippen LogP contribution >= 0.6 is 11.3 Å². The summed E-state index contributed by atoms with van der Waals surface area (Å²) in [5.41, 5.74) is 3.87. The lowest BCUT2D eigenvalue weighted by Crippen LogP contribution is -2.44. The number of aryl methyl sites for hydroxylation is 1. The van der Waals surface area contributed by atoms with E-state index in [1.165, 1.54) is 26.5 Å². The van der Waals surface area contributed by atoms with Crippen LogP contribution in [-0.2, 0) is 7.05 Å². The molecular formula is C21H24N3S+. The number of hydrogen-bond acceptors (Lipinski definition) is 3. The van der Waals surface area contributed by atoms with Gasteiger partial charge in [-0.3, -0.25) is 0 Å². The highest BCUT2D eigenvalue weighted by Gasteiger charge is 2.14. The summed E-state index contributed by atoms with van der Waals surface area (Å²) in [5, 5.41) is 1.27. The van der Waals surface area contributed by atoms with Gasteiger partial charge in [-0.2, -0.15) is 4.57 Å². The standard InChI is InChI=1S/C21H24N3S/c1-22-13-15-24(16-14-22)18-10-7-17(8-11-18)9-12-21-23(2)19-5-3-4-6-20(19)25-21/h3-12H,13-16H2,1-2H3/q+1. The Labute approximate surface area is 153 Å². The van der Waals surface area contributed by atoms with Crippen molar-refractivity contribution in [2.45, 2.75) is 0 Å². The van der Waals surface area contributed by atoms with Gasteiger partial charge in [0.1, 0.15) is 11.7 Å². The van der Waals surface area contributed by atoms with E-state index in [0.717, 1.165) is 26.2 Å². The fraction of sp³-hybridized carbons (Fsp3) is 0.286. The van der Waals surface area contributed by atoms with Gasteiger partial charge >= 0.3 is 0 Å². The average molecular weight is 351 g/mol. The second kappa shape index (κ2) is 6.98. The molecule has 0 radical (unpaired) electrons. The molecule has 0 N–H and O–H groups in total. The zero-order chi connectivity index (χ0) is 17.2. The molecule has 4 rings (SSSR count). The largest absolute Gasteiger partial charge is 0.369 e. The molecule has 128 valence electrons. The van der Waals surface area contributed by atoms with Crippen molar-refractivity contribution in [2.75, 3.05) is 38.1 Å². The molecule has 3 nitrogen and oxygen atoms in total. The molecule has 1 aromatic heterocycles. The number of rotatable bonds is 3. The van der Waals surface area contributed by atoms with E-state index in [-0.39, 0.29) is 0 Å². The SMILES string of the molecule is CN1CCN(c2ccc(/C=C/c3sc4ccccc4[n+]3C)cc2)CC1. The third kappa shape index (κ3) is 3.46.